The lowest BCUT2D eigenvalue weighted by Crippen LogP contribution is -2.17. The van der Waals surface area contributed by atoms with Crippen LogP contribution in [0, 0.1) is 0 Å². The predicted molar refractivity (Wildman–Crippen MR) is 75.6 cm³/mol. The summed E-state index contributed by atoms with van der Waals surface area (Å²) in [6.45, 7) is 0. The van der Waals surface area contributed by atoms with Gasteiger partial charge < -0.3 is 10.3 Å². The van der Waals surface area contributed by atoms with Crippen LogP contribution in [0.25, 0.3) is 11.0 Å². The Bertz CT molecular complexity index is 688. The van der Waals surface area contributed by atoms with Crippen LogP contribution in [0.15, 0.2) is 48.8 Å². The number of fused-ring (bicyclic) bond motifs is 1. The summed E-state index contributed by atoms with van der Waals surface area (Å²) in [6, 6.07) is 12.0. The van der Waals surface area contributed by atoms with Crippen LogP contribution in [-0.2, 0) is 13.5 Å². The molecule has 4 nitrogen and oxygen atoms in total. The fourth-order valence-corrected chi connectivity index (χ4v) is 2.34. The van der Waals surface area contributed by atoms with Crippen LogP contribution in [0.4, 0.5) is 0 Å². The molecule has 96 valence electrons. The van der Waals surface area contributed by atoms with Gasteiger partial charge >= 0.3 is 0 Å². The standard InChI is InChI=1S/C15H16N4/c1-19-14-10-17-8-7-13(14)18-15(19)12(16)9-11-5-3-2-4-6-11/h2-8,10,12H,9,16H2,1H3. The maximum atomic E-state index is 6.29. The summed E-state index contributed by atoms with van der Waals surface area (Å²) in [5, 5.41) is 0. The summed E-state index contributed by atoms with van der Waals surface area (Å²) in [5.41, 5.74) is 9.47. The third-order valence-corrected chi connectivity index (χ3v) is 3.35. The molecule has 4 heteroatoms. The van der Waals surface area contributed by atoms with Crippen molar-refractivity contribution < 1.29 is 0 Å². The first kappa shape index (κ1) is 11.9. The molecular weight excluding hydrogens is 236 g/mol. The second-order valence-corrected chi connectivity index (χ2v) is 4.69. The molecule has 0 spiro atoms. The van der Waals surface area contributed by atoms with Gasteiger partial charge in [0.25, 0.3) is 0 Å². The third kappa shape index (κ3) is 2.22. The minimum absolute atomic E-state index is 0.111. The Labute approximate surface area is 111 Å². The minimum atomic E-state index is -0.111. The largest absolute Gasteiger partial charge is 0.329 e. The van der Waals surface area contributed by atoms with E-state index in [0.29, 0.717) is 0 Å². The lowest BCUT2D eigenvalue weighted by Gasteiger charge is -2.11. The molecule has 3 rings (SSSR count). The van der Waals surface area contributed by atoms with Crippen molar-refractivity contribution >= 4 is 11.0 Å². The highest BCUT2D eigenvalue weighted by molar-refractivity contribution is 5.74. The minimum Gasteiger partial charge on any atom is -0.329 e. The summed E-state index contributed by atoms with van der Waals surface area (Å²) < 4.78 is 2.02. The van der Waals surface area contributed by atoms with Gasteiger partial charge in [-0.05, 0) is 18.1 Å². The first-order valence-corrected chi connectivity index (χ1v) is 6.31. The SMILES string of the molecule is Cn1c(C(N)Cc2ccccc2)nc2ccncc21. The Morgan fingerprint density at radius 1 is 1.21 bits per heavy atom. The lowest BCUT2D eigenvalue weighted by atomic mass is 10.1. The Balaban J connectivity index is 1.93. The van der Waals surface area contributed by atoms with Gasteiger partial charge in [-0.2, -0.15) is 0 Å². The number of aryl methyl sites for hydroxylation is 1. The second kappa shape index (κ2) is 4.82. The number of pyridine rings is 1. The summed E-state index contributed by atoms with van der Waals surface area (Å²) in [6.07, 6.45) is 4.36. The number of nitrogens with zero attached hydrogens (tertiary/aromatic N) is 3. The monoisotopic (exact) mass is 252 g/mol. The van der Waals surface area contributed by atoms with Crippen LogP contribution >= 0.6 is 0 Å². The molecule has 1 unspecified atom stereocenters. The Morgan fingerprint density at radius 2 is 2.00 bits per heavy atom. The summed E-state index contributed by atoms with van der Waals surface area (Å²) in [5.74, 6) is 0.895. The summed E-state index contributed by atoms with van der Waals surface area (Å²) in [4.78, 5) is 8.74. The third-order valence-electron chi connectivity index (χ3n) is 3.35. The van der Waals surface area contributed by atoms with E-state index >= 15 is 0 Å². The average molecular weight is 252 g/mol. The van der Waals surface area contributed by atoms with Crippen molar-refractivity contribution in [1.29, 1.82) is 0 Å². The normalized spacial score (nSPS) is 12.7. The molecule has 2 aromatic heterocycles. The fourth-order valence-electron chi connectivity index (χ4n) is 2.34. The molecule has 2 N–H and O–H groups in total. The van der Waals surface area contributed by atoms with E-state index < -0.39 is 0 Å². The number of imidazole rings is 1. The van der Waals surface area contributed by atoms with Crippen molar-refractivity contribution in [2.45, 2.75) is 12.5 Å². The predicted octanol–water partition coefficient (Wildman–Crippen LogP) is 2.21. The van der Waals surface area contributed by atoms with Crippen molar-refractivity contribution in [3.05, 3.63) is 60.2 Å². The van der Waals surface area contributed by atoms with Gasteiger partial charge in [0, 0.05) is 13.2 Å². The van der Waals surface area contributed by atoms with Gasteiger partial charge in [-0.1, -0.05) is 30.3 Å². The number of hydrogen-bond donors (Lipinski definition) is 1. The molecule has 0 bridgehead atoms. The van der Waals surface area contributed by atoms with Crippen LogP contribution in [-0.4, -0.2) is 14.5 Å². The zero-order valence-corrected chi connectivity index (χ0v) is 10.8. The lowest BCUT2D eigenvalue weighted by molar-refractivity contribution is 0.638. The van der Waals surface area contributed by atoms with Crippen molar-refractivity contribution in [3.8, 4) is 0 Å². The van der Waals surface area contributed by atoms with Gasteiger partial charge in [-0.3, -0.25) is 4.98 Å². The van der Waals surface area contributed by atoms with E-state index in [2.05, 4.69) is 22.1 Å². The number of nitrogens with two attached hydrogens (primary N) is 1. The highest BCUT2D eigenvalue weighted by atomic mass is 15.1. The Kier molecular flexibility index (Phi) is 3.01. The van der Waals surface area contributed by atoms with Crippen molar-refractivity contribution in [3.63, 3.8) is 0 Å². The number of benzene rings is 1. The maximum Gasteiger partial charge on any atom is 0.126 e. The number of rotatable bonds is 3. The molecular formula is C15H16N4. The van der Waals surface area contributed by atoms with Crippen LogP contribution in [0.1, 0.15) is 17.4 Å². The Hall–Kier alpha value is -2.20. The number of hydrogen-bond acceptors (Lipinski definition) is 3. The van der Waals surface area contributed by atoms with Crippen molar-refractivity contribution in [2.75, 3.05) is 0 Å². The van der Waals surface area contributed by atoms with Gasteiger partial charge in [0.05, 0.1) is 23.3 Å². The van der Waals surface area contributed by atoms with E-state index in [1.165, 1.54) is 5.56 Å². The molecule has 0 aliphatic carbocycles. The quantitative estimate of drug-likeness (QED) is 0.777. The van der Waals surface area contributed by atoms with Crippen molar-refractivity contribution in [2.24, 2.45) is 12.8 Å². The molecule has 0 saturated heterocycles. The van der Waals surface area contributed by atoms with Gasteiger partial charge in [0.2, 0.25) is 0 Å². The van der Waals surface area contributed by atoms with Crippen LogP contribution in [0.2, 0.25) is 0 Å². The van der Waals surface area contributed by atoms with Crippen molar-refractivity contribution in [1.82, 2.24) is 14.5 Å². The zero-order chi connectivity index (χ0) is 13.2. The van der Waals surface area contributed by atoms with Gasteiger partial charge in [-0.15, -0.1) is 0 Å². The highest BCUT2D eigenvalue weighted by Gasteiger charge is 2.15. The molecule has 1 atom stereocenters. The van der Waals surface area contributed by atoms with E-state index in [-0.39, 0.29) is 6.04 Å². The van der Waals surface area contributed by atoms with Crippen LogP contribution in [0.5, 0.6) is 0 Å². The van der Waals surface area contributed by atoms with E-state index in [1.807, 2.05) is 42.1 Å². The zero-order valence-electron chi connectivity index (χ0n) is 10.8. The highest BCUT2D eigenvalue weighted by Crippen LogP contribution is 2.20. The first-order valence-electron chi connectivity index (χ1n) is 6.31. The van der Waals surface area contributed by atoms with E-state index in [4.69, 9.17) is 5.73 Å². The average Bonchev–Trinajstić information content (AvgIpc) is 2.78. The molecule has 0 saturated carbocycles. The molecule has 3 aromatic rings. The smallest absolute Gasteiger partial charge is 0.126 e. The van der Waals surface area contributed by atoms with Crippen LogP contribution in [0.3, 0.4) is 0 Å². The first-order chi connectivity index (χ1) is 9.25. The summed E-state index contributed by atoms with van der Waals surface area (Å²) >= 11 is 0. The number of aromatic nitrogens is 3. The molecule has 2 heterocycles. The van der Waals surface area contributed by atoms with Gasteiger partial charge in [0.1, 0.15) is 5.82 Å². The van der Waals surface area contributed by atoms with Gasteiger partial charge in [0.15, 0.2) is 0 Å². The Morgan fingerprint density at radius 3 is 2.74 bits per heavy atom. The topological polar surface area (TPSA) is 56.7 Å². The molecule has 19 heavy (non-hydrogen) atoms. The van der Waals surface area contributed by atoms with Gasteiger partial charge in [-0.25, -0.2) is 4.98 Å². The van der Waals surface area contributed by atoms with Crippen LogP contribution < -0.4 is 5.73 Å². The molecule has 0 radical (unpaired) electrons. The molecule has 1 aromatic carbocycles. The fraction of sp³-hybridized carbons (Fsp3) is 0.200. The molecule has 0 aliphatic heterocycles. The molecule has 0 aliphatic rings. The van der Waals surface area contributed by atoms with E-state index in [0.717, 1.165) is 23.3 Å². The van der Waals surface area contributed by atoms with E-state index in [1.54, 1.807) is 6.20 Å². The molecule has 0 fully saturated rings. The molecule has 0 amide bonds. The maximum absolute atomic E-state index is 6.29. The second-order valence-electron chi connectivity index (χ2n) is 4.69. The summed E-state index contributed by atoms with van der Waals surface area (Å²) in [7, 11) is 1.98. The van der Waals surface area contributed by atoms with E-state index in [9.17, 15) is 0 Å².